The highest BCUT2D eigenvalue weighted by Gasteiger charge is 2.23. The molecule has 0 saturated heterocycles. The van der Waals surface area contributed by atoms with E-state index in [1.165, 1.54) is 0 Å². The Bertz CT molecular complexity index is 714. The summed E-state index contributed by atoms with van der Waals surface area (Å²) in [5.41, 5.74) is 1.18. The molecule has 0 unspecified atom stereocenters. The second kappa shape index (κ2) is 8.91. The minimum Gasteiger partial charge on any atom is -0.547 e. The number of ether oxygens (including phenoxy) is 2. The molecule has 2 aromatic rings. The van der Waals surface area contributed by atoms with Gasteiger partial charge in [0.05, 0.1) is 0 Å². The summed E-state index contributed by atoms with van der Waals surface area (Å²) in [5.74, 6) is 1.28. The van der Waals surface area contributed by atoms with Gasteiger partial charge in [0.15, 0.2) is 11.5 Å². The zero-order valence-electron chi connectivity index (χ0n) is 15.9. The zero-order valence-corrected chi connectivity index (χ0v) is 18.7. The first kappa shape index (κ1) is 20.1. The SMILES string of the molecule is C[SiH2]Oc1cc(-c2[c]cccc2)cc(O[SiH2]C)c1OC(=O)OC(C)(C)C. The van der Waals surface area contributed by atoms with Crippen molar-refractivity contribution in [3.05, 3.63) is 42.5 Å². The molecular formula is C19H25O5Si2. The zero-order chi connectivity index (χ0) is 19.2. The van der Waals surface area contributed by atoms with Gasteiger partial charge in [0.25, 0.3) is 0 Å². The predicted octanol–water partition coefficient (Wildman–Crippen LogP) is 3.49. The molecule has 0 heterocycles. The molecule has 0 atom stereocenters. The molecule has 0 aromatic heterocycles. The third-order valence-corrected chi connectivity index (χ3v) is 4.41. The molecule has 0 aliphatic rings. The van der Waals surface area contributed by atoms with Crippen molar-refractivity contribution in [1.82, 2.24) is 0 Å². The Balaban J connectivity index is 2.46. The topological polar surface area (TPSA) is 54.0 Å². The quantitative estimate of drug-likeness (QED) is 0.430. The lowest BCUT2D eigenvalue weighted by molar-refractivity contribution is 0.0199. The van der Waals surface area contributed by atoms with Gasteiger partial charge in [-0.15, -0.1) is 0 Å². The van der Waals surface area contributed by atoms with E-state index in [9.17, 15) is 4.79 Å². The van der Waals surface area contributed by atoms with Gasteiger partial charge in [-0.2, -0.15) is 0 Å². The second-order valence-corrected chi connectivity index (χ2v) is 8.24. The standard InChI is InChI=1S/C19H25O5Si2/c1-19(2,3)22-18(20)21-17-15(23-25-4)11-14(12-16(17)24-26-5)13-9-7-6-8-10-13/h6-9,11-12H,25-26H2,1-5H3. The normalized spacial score (nSPS) is 11.9. The molecule has 0 fully saturated rings. The smallest absolute Gasteiger partial charge is 0.514 e. The molecule has 2 aromatic carbocycles. The lowest BCUT2D eigenvalue weighted by atomic mass is 10.0. The highest BCUT2D eigenvalue weighted by molar-refractivity contribution is 6.27. The molecular weight excluding hydrogens is 364 g/mol. The fourth-order valence-electron chi connectivity index (χ4n) is 2.29. The lowest BCUT2D eigenvalue weighted by Crippen LogP contribution is -2.26. The molecule has 0 saturated carbocycles. The third-order valence-electron chi connectivity index (χ3n) is 3.22. The first-order valence-corrected chi connectivity index (χ1v) is 12.6. The van der Waals surface area contributed by atoms with Crippen molar-refractivity contribution >= 4 is 25.7 Å². The van der Waals surface area contributed by atoms with E-state index in [1.54, 1.807) is 20.8 Å². The van der Waals surface area contributed by atoms with E-state index in [0.717, 1.165) is 11.1 Å². The maximum atomic E-state index is 12.2. The highest BCUT2D eigenvalue weighted by Crippen LogP contribution is 2.42. The van der Waals surface area contributed by atoms with Crippen molar-refractivity contribution in [3.8, 4) is 28.4 Å². The van der Waals surface area contributed by atoms with Gasteiger partial charge in [-0.05, 0) is 63.2 Å². The Labute approximate surface area is 159 Å². The van der Waals surface area contributed by atoms with E-state index < -0.39 is 31.3 Å². The fraction of sp³-hybridized carbons (Fsp3) is 0.316. The average Bonchev–Trinajstić information content (AvgIpc) is 2.57. The summed E-state index contributed by atoms with van der Waals surface area (Å²) < 4.78 is 22.4. The van der Waals surface area contributed by atoms with Crippen LogP contribution in [0.2, 0.25) is 13.1 Å². The molecule has 5 nitrogen and oxygen atoms in total. The van der Waals surface area contributed by atoms with E-state index in [-0.39, 0.29) is 5.75 Å². The van der Waals surface area contributed by atoms with Crippen LogP contribution in [-0.4, -0.2) is 31.3 Å². The van der Waals surface area contributed by atoms with Crippen LogP contribution < -0.4 is 13.6 Å². The first-order chi connectivity index (χ1) is 12.3. The van der Waals surface area contributed by atoms with E-state index >= 15 is 0 Å². The summed E-state index contributed by atoms with van der Waals surface area (Å²) in [6.07, 6.45) is -0.776. The van der Waals surface area contributed by atoms with Gasteiger partial charge in [-0.1, -0.05) is 24.3 Å². The summed E-state index contributed by atoms with van der Waals surface area (Å²) in [6, 6.07) is 14.6. The van der Waals surface area contributed by atoms with Crippen LogP contribution in [-0.2, 0) is 4.74 Å². The van der Waals surface area contributed by atoms with Crippen LogP contribution in [0.4, 0.5) is 4.79 Å². The summed E-state index contributed by atoms with van der Waals surface area (Å²) in [7, 11) is -1.57. The van der Waals surface area contributed by atoms with Gasteiger partial charge in [-0.3, -0.25) is 0 Å². The molecule has 0 amide bonds. The van der Waals surface area contributed by atoms with Gasteiger partial charge in [0.2, 0.25) is 25.3 Å². The largest absolute Gasteiger partial charge is 0.547 e. The van der Waals surface area contributed by atoms with Gasteiger partial charge in [0, 0.05) is 0 Å². The van der Waals surface area contributed by atoms with Crippen LogP contribution >= 0.6 is 0 Å². The molecule has 0 N–H and O–H groups in total. The molecule has 7 heteroatoms. The van der Waals surface area contributed by atoms with Crippen LogP contribution in [0.15, 0.2) is 36.4 Å². The monoisotopic (exact) mass is 389 g/mol. The van der Waals surface area contributed by atoms with E-state index in [0.29, 0.717) is 11.5 Å². The molecule has 1 radical (unpaired) electrons. The van der Waals surface area contributed by atoms with E-state index in [4.69, 9.17) is 18.3 Å². The number of carbonyl (C=O) groups excluding carboxylic acids is 1. The fourth-order valence-corrected chi connectivity index (χ4v) is 3.34. The Morgan fingerprint density at radius 3 is 2.12 bits per heavy atom. The number of carbonyl (C=O) groups is 1. The molecule has 139 valence electrons. The second-order valence-electron chi connectivity index (χ2n) is 6.51. The van der Waals surface area contributed by atoms with Crippen LogP contribution in [0.5, 0.6) is 17.2 Å². The summed E-state index contributed by atoms with van der Waals surface area (Å²) in [4.78, 5) is 12.2. The van der Waals surface area contributed by atoms with Crippen molar-refractivity contribution < 1.29 is 23.1 Å². The minimum absolute atomic E-state index is 0.280. The Morgan fingerprint density at radius 2 is 1.65 bits per heavy atom. The van der Waals surface area contributed by atoms with Crippen LogP contribution in [0.1, 0.15) is 20.8 Å². The lowest BCUT2D eigenvalue weighted by Gasteiger charge is -2.21. The van der Waals surface area contributed by atoms with Crippen LogP contribution in [0.25, 0.3) is 11.1 Å². The highest BCUT2D eigenvalue weighted by atomic mass is 28.2. The van der Waals surface area contributed by atoms with Gasteiger partial charge >= 0.3 is 6.16 Å². The van der Waals surface area contributed by atoms with Crippen molar-refractivity contribution in [3.63, 3.8) is 0 Å². The maximum Gasteiger partial charge on any atom is 0.514 e. The number of rotatable bonds is 6. The van der Waals surface area contributed by atoms with Crippen LogP contribution in [0, 0.1) is 6.07 Å². The van der Waals surface area contributed by atoms with E-state index in [2.05, 4.69) is 6.07 Å². The molecule has 26 heavy (non-hydrogen) atoms. The third kappa shape index (κ3) is 5.64. The Kier molecular flexibility index (Phi) is 6.87. The minimum atomic E-state index is -0.786. The summed E-state index contributed by atoms with van der Waals surface area (Å²) in [5, 5.41) is 0. The Hall–Kier alpha value is -2.26. The van der Waals surface area contributed by atoms with Crippen molar-refractivity contribution in [2.45, 2.75) is 39.5 Å². The molecule has 0 aliphatic carbocycles. The van der Waals surface area contributed by atoms with Gasteiger partial charge < -0.3 is 18.3 Å². The van der Waals surface area contributed by atoms with Crippen molar-refractivity contribution in [1.29, 1.82) is 0 Å². The molecule has 0 aliphatic heterocycles. The van der Waals surface area contributed by atoms with Crippen molar-refractivity contribution in [2.75, 3.05) is 0 Å². The predicted molar refractivity (Wildman–Crippen MR) is 108 cm³/mol. The van der Waals surface area contributed by atoms with Gasteiger partial charge in [0.1, 0.15) is 5.60 Å². The average molecular weight is 390 g/mol. The first-order valence-electron chi connectivity index (χ1n) is 8.65. The summed E-state index contributed by atoms with van der Waals surface area (Å²) in [6.45, 7) is 9.38. The number of hydrogen-bond donors (Lipinski definition) is 0. The number of benzene rings is 2. The van der Waals surface area contributed by atoms with Crippen molar-refractivity contribution in [2.24, 2.45) is 0 Å². The molecule has 0 bridgehead atoms. The molecule has 0 spiro atoms. The maximum absolute atomic E-state index is 12.2. The van der Waals surface area contributed by atoms with Gasteiger partial charge in [-0.25, -0.2) is 4.79 Å². The molecule has 2 rings (SSSR count). The van der Waals surface area contributed by atoms with Crippen LogP contribution in [0.3, 0.4) is 0 Å². The Morgan fingerprint density at radius 1 is 1.04 bits per heavy atom. The number of hydrogen-bond acceptors (Lipinski definition) is 5. The summed E-state index contributed by atoms with van der Waals surface area (Å²) >= 11 is 0. The van der Waals surface area contributed by atoms with E-state index in [1.807, 2.05) is 49.5 Å².